The van der Waals surface area contributed by atoms with Crippen molar-refractivity contribution >= 4 is 17.0 Å². The number of fused-ring (bicyclic) bond motifs is 1. The van der Waals surface area contributed by atoms with Gasteiger partial charge in [-0.25, -0.2) is 4.98 Å². The smallest absolute Gasteiger partial charge is 0.341 e. The molecule has 1 N–H and O–H groups in total. The number of nitrogens with one attached hydrogen (secondary N) is 1. The first kappa shape index (κ1) is 25.0. The van der Waals surface area contributed by atoms with E-state index in [1.54, 1.807) is 13.2 Å². The van der Waals surface area contributed by atoms with Crippen LogP contribution in [0.1, 0.15) is 24.0 Å². The van der Waals surface area contributed by atoms with E-state index < -0.39 is 11.7 Å². The van der Waals surface area contributed by atoms with Crippen LogP contribution in [0.15, 0.2) is 71.7 Å². The third kappa shape index (κ3) is 5.51. The van der Waals surface area contributed by atoms with Crippen LogP contribution in [0.5, 0.6) is 0 Å². The standard InChI is InChI=1S/C28H28F3N5O/c1-35-25(37)17-23(20-7-9-21(10-8-20)28(29,30)31)24-18-33-27(34-26(24)35)36-15-12-22(13-16-36)32-14-11-19-5-3-2-4-6-19/h2-10,17-18,22,32H,11-16H2,1H3. The summed E-state index contributed by atoms with van der Waals surface area (Å²) in [4.78, 5) is 24.1. The maximum Gasteiger partial charge on any atom is 0.416 e. The highest BCUT2D eigenvalue weighted by Crippen LogP contribution is 2.32. The molecule has 1 saturated heterocycles. The number of anilines is 1. The number of hydrogen-bond donors (Lipinski definition) is 1. The first-order chi connectivity index (χ1) is 17.8. The van der Waals surface area contributed by atoms with Crippen LogP contribution >= 0.6 is 0 Å². The van der Waals surface area contributed by atoms with Crippen LogP contribution in [-0.4, -0.2) is 40.2 Å². The molecule has 0 bridgehead atoms. The van der Waals surface area contributed by atoms with Gasteiger partial charge in [0.15, 0.2) is 0 Å². The highest BCUT2D eigenvalue weighted by atomic mass is 19.4. The lowest BCUT2D eigenvalue weighted by Gasteiger charge is -2.32. The van der Waals surface area contributed by atoms with Gasteiger partial charge in [-0.15, -0.1) is 0 Å². The molecule has 192 valence electrons. The number of pyridine rings is 1. The second kappa shape index (κ2) is 10.3. The summed E-state index contributed by atoms with van der Waals surface area (Å²) >= 11 is 0. The highest BCUT2D eigenvalue weighted by molar-refractivity contribution is 5.92. The summed E-state index contributed by atoms with van der Waals surface area (Å²) < 4.78 is 40.4. The predicted molar refractivity (Wildman–Crippen MR) is 139 cm³/mol. The number of nitrogens with zero attached hydrogens (tertiary/aromatic N) is 4. The number of aryl methyl sites for hydroxylation is 1. The molecule has 0 spiro atoms. The molecule has 3 heterocycles. The van der Waals surface area contributed by atoms with Gasteiger partial charge in [-0.05, 0) is 54.6 Å². The van der Waals surface area contributed by atoms with E-state index in [1.807, 2.05) is 6.07 Å². The van der Waals surface area contributed by atoms with Crippen molar-refractivity contribution in [2.24, 2.45) is 7.05 Å². The van der Waals surface area contributed by atoms with Crippen LogP contribution in [0.4, 0.5) is 19.1 Å². The fourth-order valence-electron chi connectivity index (χ4n) is 4.79. The van der Waals surface area contributed by atoms with Gasteiger partial charge in [0, 0.05) is 43.8 Å². The summed E-state index contributed by atoms with van der Waals surface area (Å²) in [6.45, 7) is 2.51. The molecular formula is C28H28F3N5O. The fourth-order valence-corrected chi connectivity index (χ4v) is 4.79. The molecule has 1 aliphatic rings. The van der Waals surface area contributed by atoms with Crippen LogP contribution in [0, 0.1) is 0 Å². The molecule has 0 aliphatic carbocycles. The van der Waals surface area contributed by atoms with Crippen LogP contribution < -0.4 is 15.8 Å². The van der Waals surface area contributed by atoms with Crippen molar-refractivity contribution in [2.75, 3.05) is 24.5 Å². The van der Waals surface area contributed by atoms with Crippen molar-refractivity contribution in [1.82, 2.24) is 19.9 Å². The lowest BCUT2D eigenvalue weighted by atomic mass is 10.0. The first-order valence-corrected chi connectivity index (χ1v) is 12.4. The molecule has 5 rings (SSSR count). The molecule has 1 aliphatic heterocycles. The largest absolute Gasteiger partial charge is 0.416 e. The van der Waals surface area contributed by atoms with E-state index in [9.17, 15) is 18.0 Å². The van der Waals surface area contributed by atoms with Crippen molar-refractivity contribution in [3.05, 3.63) is 88.3 Å². The maximum atomic E-state index is 13.0. The molecule has 0 radical (unpaired) electrons. The lowest BCUT2D eigenvalue weighted by molar-refractivity contribution is -0.137. The fraction of sp³-hybridized carbons (Fsp3) is 0.321. The number of rotatable bonds is 6. The Balaban J connectivity index is 1.31. The topological polar surface area (TPSA) is 63.1 Å². The van der Waals surface area contributed by atoms with Gasteiger partial charge >= 0.3 is 6.18 Å². The number of alkyl halides is 3. The molecule has 0 unspecified atom stereocenters. The SMILES string of the molecule is Cn1c(=O)cc(-c2ccc(C(F)(F)F)cc2)c2cnc(N3CCC(NCCc4ccccc4)CC3)nc21. The van der Waals surface area contributed by atoms with Gasteiger partial charge in [0.1, 0.15) is 5.65 Å². The second-order valence-corrected chi connectivity index (χ2v) is 9.39. The summed E-state index contributed by atoms with van der Waals surface area (Å²) in [7, 11) is 1.64. The number of benzene rings is 2. The molecule has 0 amide bonds. The summed E-state index contributed by atoms with van der Waals surface area (Å²) in [5, 5.41) is 4.26. The average Bonchev–Trinajstić information content (AvgIpc) is 2.91. The number of hydrogen-bond acceptors (Lipinski definition) is 5. The Bertz CT molecular complexity index is 1430. The van der Waals surface area contributed by atoms with Gasteiger partial charge in [-0.1, -0.05) is 42.5 Å². The van der Waals surface area contributed by atoms with Gasteiger partial charge in [0.2, 0.25) is 5.95 Å². The summed E-state index contributed by atoms with van der Waals surface area (Å²) in [5.74, 6) is 0.551. The Kier molecular flexibility index (Phi) is 6.97. The minimum atomic E-state index is -4.42. The van der Waals surface area contributed by atoms with Crippen molar-refractivity contribution in [3.63, 3.8) is 0 Å². The molecule has 2 aromatic heterocycles. The van der Waals surface area contributed by atoms with Gasteiger partial charge in [0.05, 0.1) is 5.56 Å². The summed E-state index contributed by atoms with van der Waals surface area (Å²) in [5.41, 5.74) is 1.78. The minimum Gasteiger partial charge on any atom is -0.341 e. The molecule has 2 aromatic carbocycles. The Morgan fingerprint density at radius 3 is 2.41 bits per heavy atom. The van der Waals surface area contributed by atoms with E-state index in [-0.39, 0.29) is 5.56 Å². The van der Waals surface area contributed by atoms with Crippen molar-refractivity contribution in [2.45, 2.75) is 31.5 Å². The monoisotopic (exact) mass is 507 g/mol. The zero-order valence-electron chi connectivity index (χ0n) is 20.5. The molecule has 0 saturated carbocycles. The van der Waals surface area contributed by atoms with Crippen LogP contribution in [0.25, 0.3) is 22.2 Å². The Labute approximate surface area is 212 Å². The van der Waals surface area contributed by atoms with E-state index in [4.69, 9.17) is 4.98 Å². The third-order valence-corrected chi connectivity index (χ3v) is 6.95. The highest BCUT2D eigenvalue weighted by Gasteiger charge is 2.30. The molecular weight excluding hydrogens is 479 g/mol. The summed E-state index contributed by atoms with van der Waals surface area (Å²) in [6.07, 6.45) is 0.149. The van der Waals surface area contributed by atoms with E-state index in [2.05, 4.69) is 39.5 Å². The molecule has 6 nitrogen and oxygen atoms in total. The molecule has 4 aromatic rings. The van der Waals surface area contributed by atoms with Crippen molar-refractivity contribution < 1.29 is 13.2 Å². The van der Waals surface area contributed by atoms with E-state index in [1.165, 1.54) is 28.3 Å². The Morgan fingerprint density at radius 1 is 1.03 bits per heavy atom. The summed E-state index contributed by atoms with van der Waals surface area (Å²) in [6, 6.07) is 17.0. The normalized spacial score (nSPS) is 14.9. The number of aromatic nitrogens is 3. The Morgan fingerprint density at radius 2 is 1.73 bits per heavy atom. The predicted octanol–water partition coefficient (Wildman–Crippen LogP) is 4.82. The molecule has 1 fully saturated rings. The maximum absolute atomic E-state index is 13.0. The van der Waals surface area contributed by atoms with Crippen molar-refractivity contribution in [3.8, 4) is 11.1 Å². The van der Waals surface area contributed by atoms with E-state index in [0.717, 1.165) is 51.0 Å². The van der Waals surface area contributed by atoms with Gasteiger partial charge in [-0.3, -0.25) is 9.36 Å². The van der Waals surface area contributed by atoms with Crippen molar-refractivity contribution in [1.29, 1.82) is 0 Å². The van der Waals surface area contributed by atoms with Gasteiger partial charge < -0.3 is 10.2 Å². The second-order valence-electron chi connectivity index (χ2n) is 9.39. The minimum absolute atomic E-state index is 0.284. The molecule has 9 heteroatoms. The lowest BCUT2D eigenvalue weighted by Crippen LogP contribution is -2.43. The van der Waals surface area contributed by atoms with Crippen LogP contribution in [0.3, 0.4) is 0 Å². The van der Waals surface area contributed by atoms with Crippen LogP contribution in [-0.2, 0) is 19.6 Å². The van der Waals surface area contributed by atoms with E-state index >= 15 is 0 Å². The van der Waals surface area contributed by atoms with E-state index in [0.29, 0.717) is 34.2 Å². The molecule has 37 heavy (non-hydrogen) atoms. The van der Waals surface area contributed by atoms with Crippen LogP contribution in [0.2, 0.25) is 0 Å². The number of halogens is 3. The first-order valence-electron chi connectivity index (χ1n) is 12.4. The third-order valence-electron chi connectivity index (χ3n) is 6.95. The van der Waals surface area contributed by atoms with Gasteiger partial charge in [0.25, 0.3) is 5.56 Å². The zero-order valence-corrected chi connectivity index (χ0v) is 20.5. The van der Waals surface area contributed by atoms with Gasteiger partial charge in [-0.2, -0.15) is 18.2 Å². The quantitative estimate of drug-likeness (QED) is 0.406. The molecule has 0 atom stereocenters. The number of piperidine rings is 1. The average molecular weight is 508 g/mol. The Hall–Kier alpha value is -3.72. The zero-order chi connectivity index (χ0) is 26.0.